The van der Waals surface area contributed by atoms with Gasteiger partial charge < -0.3 is 5.32 Å². The fraction of sp³-hybridized carbons (Fsp3) is 0.143. The van der Waals surface area contributed by atoms with Crippen molar-refractivity contribution in [3.8, 4) is 0 Å². The molecule has 0 aromatic carbocycles. The molecule has 3 nitrogen and oxygen atoms in total. The Bertz CT molecular complexity index is 293. The number of halogens is 1. The van der Waals surface area contributed by atoms with E-state index in [1.54, 1.807) is 6.07 Å². The third-order valence-corrected chi connectivity index (χ3v) is 1.62. The van der Waals surface area contributed by atoms with Gasteiger partial charge in [-0.05, 0) is 6.07 Å². The van der Waals surface area contributed by atoms with Gasteiger partial charge in [-0.1, -0.05) is 17.1 Å². The maximum Gasteiger partial charge on any atom is 0.207 e. The van der Waals surface area contributed by atoms with E-state index < -0.39 is 0 Å². The minimum absolute atomic E-state index is 0.322. The van der Waals surface area contributed by atoms with Crippen LogP contribution in [0.15, 0.2) is 12.3 Å². The Balaban J connectivity index is 2.78. The van der Waals surface area contributed by atoms with E-state index in [9.17, 15) is 4.79 Å². The fourth-order valence-electron chi connectivity index (χ4n) is 0.749. The SMILES string of the molecule is [B]c1cnc(CNC=O)c(Cl)c1. The number of carbonyl (C=O) groups excluding carboxylic acids is 1. The lowest BCUT2D eigenvalue weighted by molar-refractivity contribution is -0.109. The molecule has 12 heavy (non-hydrogen) atoms. The standard InChI is InChI=1S/C7H6BClN2O/c8-5-1-6(9)7(11-2-5)3-10-4-12/h1-2,4H,3H2,(H,10,12). The minimum atomic E-state index is 0.322. The first kappa shape index (κ1) is 9.07. The van der Waals surface area contributed by atoms with E-state index in [1.807, 2.05) is 0 Å². The zero-order valence-electron chi connectivity index (χ0n) is 6.25. The average Bonchev–Trinajstić information content (AvgIpc) is 2.03. The van der Waals surface area contributed by atoms with Gasteiger partial charge in [0.2, 0.25) is 6.41 Å². The molecule has 0 atom stereocenters. The topological polar surface area (TPSA) is 42.0 Å². The highest BCUT2D eigenvalue weighted by Gasteiger charge is 1.99. The zero-order chi connectivity index (χ0) is 8.97. The van der Waals surface area contributed by atoms with Gasteiger partial charge in [0.15, 0.2) is 0 Å². The molecule has 0 bridgehead atoms. The number of amides is 1. The predicted molar refractivity (Wildman–Crippen MR) is 47.5 cm³/mol. The summed E-state index contributed by atoms with van der Waals surface area (Å²) in [6.07, 6.45) is 2.09. The molecule has 1 aromatic heterocycles. The first-order valence-corrected chi connectivity index (χ1v) is 3.68. The summed E-state index contributed by atoms with van der Waals surface area (Å²) in [7, 11) is 5.42. The Kier molecular flexibility index (Phi) is 3.11. The quantitative estimate of drug-likeness (QED) is 0.516. The normalized spacial score (nSPS) is 9.42. The molecule has 0 saturated heterocycles. The smallest absolute Gasteiger partial charge is 0.207 e. The summed E-state index contributed by atoms with van der Waals surface area (Å²) in [5.41, 5.74) is 1.12. The molecule has 1 heterocycles. The van der Waals surface area contributed by atoms with Crippen molar-refractivity contribution in [3.63, 3.8) is 0 Å². The van der Waals surface area contributed by atoms with Crippen molar-refractivity contribution in [3.05, 3.63) is 23.0 Å². The van der Waals surface area contributed by atoms with Crippen molar-refractivity contribution in [1.29, 1.82) is 0 Å². The molecule has 60 valence electrons. The molecule has 5 heteroatoms. The summed E-state index contributed by atoms with van der Waals surface area (Å²) in [6, 6.07) is 1.59. The van der Waals surface area contributed by atoms with Crippen LogP contribution in [0.2, 0.25) is 5.02 Å². The van der Waals surface area contributed by atoms with Crippen LogP contribution in [0, 0.1) is 0 Å². The Labute approximate surface area is 76.5 Å². The molecule has 0 unspecified atom stereocenters. The molecule has 0 fully saturated rings. The third kappa shape index (κ3) is 2.24. The summed E-state index contributed by atoms with van der Waals surface area (Å²) >= 11 is 5.77. The summed E-state index contributed by atoms with van der Waals surface area (Å²) in [5.74, 6) is 0. The first-order valence-electron chi connectivity index (χ1n) is 3.31. The van der Waals surface area contributed by atoms with Crippen LogP contribution in [0.5, 0.6) is 0 Å². The van der Waals surface area contributed by atoms with Crippen molar-refractivity contribution in [2.45, 2.75) is 6.54 Å². The number of aromatic nitrogens is 1. The lowest BCUT2D eigenvalue weighted by Gasteiger charge is -2.02. The number of hydrogen-bond donors (Lipinski definition) is 1. The molecule has 0 aliphatic carbocycles. The van der Waals surface area contributed by atoms with Crippen LogP contribution >= 0.6 is 11.6 Å². The van der Waals surface area contributed by atoms with Crippen LogP contribution in [-0.2, 0) is 11.3 Å². The van der Waals surface area contributed by atoms with Crippen LogP contribution in [-0.4, -0.2) is 19.2 Å². The van der Waals surface area contributed by atoms with E-state index in [4.69, 9.17) is 19.4 Å². The van der Waals surface area contributed by atoms with Crippen LogP contribution in [0.4, 0.5) is 0 Å². The van der Waals surface area contributed by atoms with E-state index in [0.29, 0.717) is 29.1 Å². The lowest BCUT2D eigenvalue weighted by Crippen LogP contribution is -2.13. The maximum atomic E-state index is 9.95. The molecule has 1 N–H and O–H groups in total. The highest BCUT2D eigenvalue weighted by atomic mass is 35.5. The summed E-state index contributed by atoms with van der Waals surface area (Å²) in [5, 5.41) is 2.92. The molecule has 0 spiro atoms. The molecule has 0 aliphatic rings. The van der Waals surface area contributed by atoms with Crippen LogP contribution in [0.25, 0.3) is 0 Å². The van der Waals surface area contributed by atoms with Crippen LogP contribution in [0.3, 0.4) is 0 Å². The van der Waals surface area contributed by atoms with Gasteiger partial charge in [-0.15, -0.1) is 0 Å². The van der Waals surface area contributed by atoms with Gasteiger partial charge in [-0.2, -0.15) is 0 Å². The molecule has 0 aliphatic heterocycles. The summed E-state index contributed by atoms with van der Waals surface area (Å²) < 4.78 is 0. The van der Waals surface area contributed by atoms with E-state index in [2.05, 4.69) is 10.3 Å². The fourth-order valence-corrected chi connectivity index (χ4v) is 0.991. The average molecular weight is 180 g/mol. The van der Waals surface area contributed by atoms with Gasteiger partial charge in [-0.25, -0.2) is 0 Å². The second-order valence-corrected chi connectivity index (χ2v) is 2.60. The Morgan fingerprint density at radius 2 is 2.50 bits per heavy atom. The second-order valence-electron chi connectivity index (χ2n) is 2.20. The number of rotatable bonds is 3. The van der Waals surface area contributed by atoms with Gasteiger partial charge in [0.25, 0.3) is 0 Å². The van der Waals surface area contributed by atoms with E-state index >= 15 is 0 Å². The van der Waals surface area contributed by atoms with Crippen molar-refractivity contribution < 1.29 is 4.79 Å². The molecule has 0 saturated carbocycles. The number of nitrogens with one attached hydrogen (secondary N) is 1. The maximum absolute atomic E-state index is 9.95. The number of hydrogen-bond acceptors (Lipinski definition) is 2. The highest BCUT2D eigenvalue weighted by molar-refractivity contribution is 6.36. The van der Waals surface area contributed by atoms with Crippen molar-refractivity contribution >= 4 is 31.3 Å². The van der Waals surface area contributed by atoms with Crippen LogP contribution < -0.4 is 10.8 Å². The Morgan fingerprint density at radius 1 is 1.75 bits per heavy atom. The van der Waals surface area contributed by atoms with E-state index in [-0.39, 0.29) is 0 Å². The van der Waals surface area contributed by atoms with E-state index in [1.165, 1.54) is 6.20 Å². The van der Waals surface area contributed by atoms with Gasteiger partial charge in [0.1, 0.15) is 7.85 Å². The van der Waals surface area contributed by atoms with Crippen molar-refractivity contribution in [2.24, 2.45) is 0 Å². The Morgan fingerprint density at radius 3 is 3.08 bits per heavy atom. The third-order valence-electron chi connectivity index (χ3n) is 1.29. The minimum Gasteiger partial charge on any atom is -0.353 e. The molecule has 1 amide bonds. The van der Waals surface area contributed by atoms with Crippen LogP contribution in [0.1, 0.15) is 5.69 Å². The highest BCUT2D eigenvalue weighted by Crippen LogP contribution is 2.09. The number of pyridine rings is 1. The predicted octanol–water partition coefficient (Wildman–Crippen LogP) is -0.225. The molecule has 1 aromatic rings. The number of nitrogens with zero attached hydrogens (tertiary/aromatic N) is 1. The molecule has 2 radical (unpaired) electrons. The van der Waals surface area contributed by atoms with Gasteiger partial charge in [-0.3, -0.25) is 9.78 Å². The number of carbonyl (C=O) groups is 1. The zero-order valence-corrected chi connectivity index (χ0v) is 7.01. The summed E-state index contributed by atoms with van der Waals surface area (Å²) in [4.78, 5) is 13.9. The Hall–Kier alpha value is -1.03. The van der Waals surface area contributed by atoms with Gasteiger partial charge in [0.05, 0.1) is 17.3 Å². The van der Waals surface area contributed by atoms with Gasteiger partial charge >= 0.3 is 0 Å². The first-order chi connectivity index (χ1) is 5.74. The monoisotopic (exact) mass is 180 g/mol. The largest absolute Gasteiger partial charge is 0.353 e. The van der Waals surface area contributed by atoms with Crippen molar-refractivity contribution in [2.75, 3.05) is 0 Å². The molecular formula is C7H6BClN2O. The van der Waals surface area contributed by atoms with Crippen molar-refractivity contribution in [1.82, 2.24) is 10.3 Å². The second kappa shape index (κ2) is 4.11. The van der Waals surface area contributed by atoms with E-state index in [0.717, 1.165) is 0 Å². The molecule has 1 rings (SSSR count). The summed E-state index contributed by atoms with van der Waals surface area (Å²) in [6.45, 7) is 0.322. The molecular weight excluding hydrogens is 174 g/mol. The van der Waals surface area contributed by atoms with Gasteiger partial charge in [0, 0.05) is 6.20 Å². The lowest BCUT2D eigenvalue weighted by atomic mass is 9.99.